The average Bonchev–Trinajstić information content (AvgIpc) is 2.45. The van der Waals surface area contributed by atoms with E-state index in [0.717, 1.165) is 0 Å². The highest BCUT2D eigenvalue weighted by Gasteiger charge is 2.35. The second kappa shape index (κ2) is 6.03. The van der Waals surface area contributed by atoms with Gasteiger partial charge in [0.25, 0.3) is 5.69 Å². The molecule has 0 aliphatic carbocycles. The zero-order chi connectivity index (χ0) is 16.4. The number of Topliss-reactive ketones (excluding diaryl/α,β-unsaturated/α-hetero) is 1. The topological polar surface area (TPSA) is 96.0 Å². The number of ketones is 1. The average molecular weight is 315 g/mol. The van der Waals surface area contributed by atoms with Crippen molar-refractivity contribution in [2.75, 3.05) is 0 Å². The Morgan fingerprint density at radius 3 is 2.64 bits per heavy atom. The molecule has 0 fully saturated rings. The fourth-order valence-corrected chi connectivity index (χ4v) is 2.95. The first-order valence-electron chi connectivity index (χ1n) is 6.43. The molecule has 7 heteroatoms. The fraction of sp³-hybridized carbons (Fsp3) is 0.200. The maximum atomic E-state index is 12.0. The Morgan fingerprint density at radius 1 is 1.45 bits per heavy atom. The van der Waals surface area contributed by atoms with E-state index in [1.54, 1.807) is 25.1 Å². The Balaban J connectivity index is 2.78. The first-order chi connectivity index (χ1) is 10.4. The second-order valence-electron chi connectivity index (χ2n) is 4.84. The maximum Gasteiger partial charge on any atom is 0.273 e. The van der Waals surface area contributed by atoms with Crippen LogP contribution in [0.5, 0.6) is 0 Å². The van der Waals surface area contributed by atoms with Crippen LogP contribution in [0.4, 0.5) is 5.69 Å². The largest absolute Gasteiger partial charge is 0.353 e. The molecule has 0 saturated carbocycles. The van der Waals surface area contributed by atoms with Gasteiger partial charge in [-0.15, -0.1) is 12.6 Å². The van der Waals surface area contributed by atoms with Crippen LogP contribution in [0.25, 0.3) is 0 Å². The summed E-state index contributed by atoms with van der Waals surface area (Å²) in [5, 5.41) is 23.8. The number of benzene rings is 1. The van der Waals surface area contributed by atoms with Crippen molar-refractivity contribution in [3.8, 4) is 6.07 Å². The van der Waals surface area contributed by atoms with Gasteiger partial charge in [-0.1, -0.05) is 18.2 Å². The Kier molecular flexibility index (Phi) is 4.33. The summed E-state index contributed by atoms with van der Waals surface area (Å²) < 4.78 is 0. The van der Waals surface area contributed by atoms with Crippen LogP contribution < -0.4 is 5.32 Å². The highest BCUT2D eigenvalue weighted by molar-refractivity contribution is 7.84. The van der Waals surface area contributed by atoms with Crippen LogP contribution in [0.3, 0.4) is 0 Å². The number of allylic oxidation sites excluding steroid dienone is 3. The third-order valence-electron chi connectivity index (χ3n) is 3.49. The highest BCUT2D eigenvalue weighted by Crippen LogP contribution is 2.42. The zero-order valence-corrected chi connectivity index (χ0v) is 12.8. The van der Waals surface area contributed by atoms with E-state index in [9.17, 15) is 20.2 Å². The Morgan fingerprint density at radius 2 is 2.09 bits per heavy atom. The summed E-state index contributed by atoms with van der Waals surface area (Å²) in [6.45, 7) is 3.06. The number of rotatable bonds is 3. The number of thiol groups is 1. The van der Waals surface area contributed by atoms with Crippen molar-refractivity contribution in [1.82, 2.24) is 5.32 Å². The summed E-state index contributed by atoms with van der Waals surface area (Å²) in [6, 6.07) is 8.11. The maximum absolute atomic E-state index is 12.0. The number of nitrogens with zero attached hydrogens (tertiary/aromatic N) is 2. The van der Waals surface area contributed by atoms with Gasteiger partial charge in [0.05, 0.1) is 27.5 Å². The molecule has 1 atom stereocenters. The summed E-state index contributed by atoms with van der Waals surface area (Å²) >= 11 is 4.23. The van der Waals surface area contributed by atoms with Gasteiger partial charge >= 0.3 is 0 Å². The lowest BCUT2D eigenvalue weighted by Crippen LogP contribution is -2.26. The molecule has 1 N–H and O–H groups in total. The van der Waals surface area contributed by atoms with Crippen molar-refractivity contribution in [3.05, 3.63) is 61.8 Å². The molecule has 1 aromatic rings. The third-order valence-corrected chi connectivity index (χ3v) is 3.84. The molecule has 1 aliphatic heterocycles. The van der Waals surface area contributed by atoms with Crippen molar-refractivity contribution < 1.29 is 9.72 Å². The van der Waals surface area contributed by atoms with E-state index in [1.807, 2.05) is 6.07 Å². The van der Waals surface area contributed by atoms with Crippen molar-refractivity contribution in [1.29, 1.82) is 5.26 Å². The molecule has 112 valence electrons. The number of nitriles is 1. The number of carbonyl (C=O) groups excluding carboxylic acids is 1. The number of nitro benzene ring substituents is 1. The summed E-state index contributed by atoms with van der Waals surface area (Å²) in [4.78, 5) is 22.8. The summed E-state index contributed by atoms with van der Waals surface area (Å²) in [5.41, 5.74) is 1.24. The Labute approximate surface area is 132 Å². The second-order valence-corrected chi connectivity index (χ2v) is 5.29. The van der Waals surface area contributed by atoms with Crippen molar-refractivity contribution in [3.63, 3.8) is 0 Å². The summed E-state index contributed by atoms with van der Waals surface area (Å²) in [7, 11) is 0. The number of nitro groups is 1. The quantitative estimate of drug-likeness (QED) is 0.508. The number of dihydropyridines is 1. The summed E-state index contributed by atoms with van der Waals surface area (Å²) in [5.74, 6) is -1.04. The van der Waals surface area contributed by atoms with E-state index < -0.39 is 10.8 Å². The SMILES string of the molecule is CC(=O)C1=C(C)NC(S)=C(C#N)[C@@H]1c1ccccc1[N+](=O)[O-]. The van der Waals surface area contributed by atoms with Gasteiger partial charge < -0.3 is 5.32 Å². The van der Waals surface area contributed by atoms with Crippen molar-refractivity contribution in [2.45, 2.75) is 19.8 Å². The van der Waals surface area contributed by atoms with E-state index in [4.69, 9.17) is 0 Å². The van der Waals surface area contributed by atoms with Crippen LogP contribution in [0.2, 0.25) is 0 Å². The minimum absolute atomic E-state index is 0.130. The fourth-order valence-electron chi connectivity index (χ4n) is 2.60. The molecule has 1 aromatic carbocycles. The molecule has 1 heterocycles. The van der Waals surface area contributed by atoms with Crippen LogP contribution in [0, 0.1) is 21.4 Å². The van der Waals surface area contributed by atoms with Crippen LogP contribution in [0.1, 0.15) is 25.3 Å². The first-order valence-corrected chi connectivity index (χ1v) is 6.88. The Bertz CT molecular complexity index is 774. The van der Waals surface area contributed by atoms with E-state index in [1.165, 1.54) is 13.0 Å². The van der Waals surface area contributed by atoms with Gasteiger partial charge in [0, 0.05) is 22.9 Å². The molecule has 0 bridgehead atoms. The van der Waals surface area contributed by atoms with Crippen molar-refractivity contribution in [2.24, 2.45) is 0 Å². The normalized spacial score (nSPS) is 17.8. The van der Waals surface area contributed by atoms with Gasteiger partial charge in [0.15, 0.2) is 5.78 Å². The molecule has 0 amide bonds. The number of carbonyl (C=O) groups is 1. The molecule has 0 unspecified atom stereocenters. The van der Waals surface area contributed by atoms with Gasteiger partial charge in [-0.05, 0) is 13.8 Å². The number of para-hydroxylation sites is 1. The molecular weight excluding hydrogens is 302 g/mol. The monoisotopic (exact) mass is 315 g/mol. The molecule has 1 aliphatic rings. The van der Waals surface area contributed by atoms with Gasteiger partial charge in [-0.25, -0.2) is 0 Å². The lowest BCUT2D eigenvalue weighted by Gasteiger charge is -2.27. The molecule has 0 aromatic heterocycles. The highest BCUT2D eigenvalue weighted by atomic mass is 32.1. The molecule has 0 saturated heterocycles. The van der Waals surface area contributed by atoms with Gasteiger partial charge in [0.1, 0.15) is 0 Å². The van der Waals surface area contributed by atoms with E-state index in [0.29, 0.717) is 21.9 Å². The van der Waals surface area contributed by atoms with Crippen LogP contribution >= 0.6 is 12.6 Å². The number of hydrogen-bond donors (Lipinski definition) is 2. The molecule has 6 nitrogen and oxygen atoms in total. The molecule has 0 radical (unpaired) electrons. The predicted octanol–water partition coefficient (Wildman–Crippen LogP) is 2.81. The number of hydrogen-bond acceptors (Lipinski definition) is 6. The molecular formula is C15H13N3O3S. The zero-order valence-electron chi connectivity index (χ0n) is 12.0. The van der Waals surface area contributed by atoms with Crippen LogP contribution in [-0.2, 0) is 4.79 Å². The van der Waals surface area contributed by atoms with E-state index in [2.05, 4.69) is 17.9 Å². The lowest BCUT2D eigenvalue weighted by molar-refractivity contribution is -0.385. The van der Waals surface area contributed by atoms with Crippen molar-refractivity contribution >= 4 is 24.1 Å². The van der Waals surface area contributed by atoms with Crippen LogP contribution in [-0.4, -0.2) is 10.7 Å². The van der Waals surface area contributed by atoms with Gasteiger partial charge in [-0.3, -0.25) is 14.9 Å². The minimum atomic E-state index is -0.794. The van der Waals surface area contributed by atoms with Crippen LogP contribution in [0.15, 0.2) is 46.1 Å². The van der Waals surface area contributed by atoms with E-state index in [-0.39, 0.29) is 17.0 Å². The molecule has 22 heavy (non-hydrogen) atoms. The van der Waals surface area contributed by atoms with Gasteiger partial charge in [0.2, 0.25) is 0 Å². The molecule has 2 rings (SSSR count). The third kappa shape index (κ3) is 2.61. The standard InChI is InChI=1S/C15H13N3O3S/c1-8-13(9(2)19)14(11(7-16)15(22)17-8)10-5-3-4-6-12(10)18(20)21/h3-6,14,17,22H,1-2H3/t14-/m0/s1. The van der Waals surface area contributed by atoms with Gasteiger partial charge in [-0.2, -0.15) is 5.26 Å². The van der Waals surface area contributed by atoms with E-state index >= 15 is 0 Å². The predicted molar refractivity (Wildman–Crippen MR) is 84.0 cm³/mol. The Hall–Kier alpha value is -2.59. The molecule has 0 spiro atoms. The first kappa shape index (κ1) is 15.8. The minimum Gasteiger partial charge on any atom is -0.353 e. The lowest BCUT2D eigenvalue weighted by atomic mass is 9.80. The summed E-state index contributed by atoms with van der Waals surface area (Å²) in [6.07, 6.45) is 0. The number of nitrogens with one attached hydrogen (secondary N) is 1. The smallest absolute Gasteiger partial charge is 0.273 e.